The Bertz CT molecular complexity index is 3020. The lowest BCUT2D eigenvalue weighted by molar-refractivity contribution is -0.166. The minimum atomic E-state index is -4.68. The lowest BCUT2D eigenvalue weighted by Gasteiger charge is -2.19. The number of carboxylic acids is 1. The van der Waals surface area contributed by atoms with Crippen LogP contribution in [0.5, 0.6) is 0 Å². The summed E-state index contributed by atoms with van der Waals surface area (Å²) in [5.74, 6) is 0.280. The first-order valence-electron chi connectivity index (χ1n) is 28.7. The third kappa shape index (κ3) is 22.9. The van der Waals surface area contributed by atoms with E-state index in [-0.39, 0.29) is 112 Å². The van der Waals surface area contributed by atoms with Crippen LogP contribution in [0.2, 0.25) is 0 Å². The second-order valence-corrected chi connectivity index (χ2v) is 21.2. The highest BCUT2D eigenvalue weighted by molar-refractivity contribution is 7.99. The molecule has 0 bridgehead atoms. The van der Waals surface area contributed by atoms with Gasteiger partial charge in [-0.2, -0.15) is 35.2 Å². The number of halogens is 3. The first-order chi connectivity index (χ1) is 42.9. The SMILES string of the molecule is C#CCCC(=O)NCCOCCOCCOCCOCCC(=O)NCCNC(=O)[C@@H](CCC(=O)NCCCCNc1ncnc2c1ncn2C1OC(CSCCC(N)C(=O)O)C(O)C1O)NC(=O)c1ccc(/N=N/c2ccc(C3(C(F)(F)F)N=N3)cc2)cc1. The van der Waals surface area contributed by atoms with E-state index >= 15 is 0 Å². The zero-order valence-electron chi connectivity index (χ0n) is 48.6. The summed E-state index contributed by atoms with van der Waals surface area (Å²) < 4.78 is 69.5. The molecule has 29 nitrogen and oxygen atoms in total. The van der Waals surface area contributed by atoms with E-state index in [4.69, 9.17) is 40.9 Å². The first-order valence-corrected chi connectivity index (χ1v) is 29.8. The number of nitrogens with one attached hydrogen (secondary N) is 6. The van der Waals surface area contributed by atoms with E-state index in [2.05, 4.69) is 73.2 Å². The van der Waals surface area contributed by atoms with Gasteiger partial charge in [0.05, 0.1) is 76.7 Å². The Hall–Kier alpha value is -7.81. The van der Waals surface area contributed by atoms with Crippen molar-refractivity contribution in [1.82, 2.24) is 46.1 Å². The van der Waals surface area contributed by atoms with Crippen LogP contribution in [0.3, 0.4) is 0 Å². The number of aliphatic hydroxyl groups is 2. The van der Waals surface area contributed by atoms with Crippen LogP contribution in [0.25, 0.3) is 11.2 Å². The molecule has 0 saturated carbocycles. The Balaban J connectivity index is 0.902. The number of hydrogen-bond acceptors (Lipinski definition) is 23. The average Bonchev–Trinajstić information content (AvgIpc) is 2.03. The number of nitrogens with zero attached hydrogens (tertiary/aromatic N) is 8. The van der Waals surface area contributed by atoms with Crippen LogP contribution in [0.15, 0.2) is 81.6 Å². The quantitative estimate of drug-likeness (QED) is 0.0173. The number of nitrogens with two attached hydrogens (primary N) is 1. The zero-order chi connectivity index (χ0) is 64.0. The highest BCUT2D eigenvalue weighted by Gasteiger charge is 2.65. The Labute approximate surface area is 514 Å². The topological polar surface area (TPSA) is 401 Å². The fourth-order valence-electron chi connectivity index (χ4n) is 8.42. The zero-order valence-corrected chi connectivity index (χ0v) is 49.4. The van der Waals surface area contributed by atoms with Gasteiger partial charge in [-0.3, -0.25) is 33.3 Å². The Morgan fingerprint density at radius 3 is 1.99 bits per heavy atom. The summed E-state index contributed by atoms with van der Waals surface area (Å²) in [5, 5.41) is 62.0. The van der Waals surface area contributed by atoms with Crippen LogP contribution in [0.4, 0.5) is 30.4 Å². The number of aromatic nitrogens is 4. The van der Waals surface area contributed by atoms with Gasteiger partial charge in [0, 0.05) is 75.3 Å². The molecule has 1 fully saturated rings. The number of amides is 5. The van der Waals surface area contributed by atoms with Crippen molar-refractivity contribution in [2.45, 2.75) is 99.8 Å². The van der Waals surface area contributed by atoms with E-state index < -0.39 is 66.2 Å². The fraction of sp³-hybridized carbons (Fsp3) is 0.554. The largest absolute Gasteiger partial charge is 0.480 e. The molecule has 1 saturated heterocycles. The predicted octanol–water partition coefficient (Wildman–Crippen LogP) is 2.68. The third-order valence-electron chi connectivity index (χ3n) is 13.4. The van der Waals surface area contributed by atoms with Crippen molar-refractivity contribution in [3.63, 3.8) is 0 Å². The molecule has 2 aliphatic rings. The van der Waals surface area contributed by atoms with Crippen LogP contribution in [0, 0.1) is 12.3 Å². The minimum Gasteiger partial charge on any atom is -0.480 e. The standard InChI is InChI=1S/C56H74F3N15O14S/c1-2-3-6-43(75)63-23-25-85-27-29-87-31-30-86-28-26-84-24-17-45(77)62-21-22-65-52(81)41(69-51(80)36-7-11-38(12-8-36)70-71-39-13-9-37(10-14-39)55(72-73-55)56(57,58)59)15-16-44(76)61-19-4-5-20-64-49-46-50(67-34-66-49)74(35-68-46)53-48(79)47(78)42(88-53)33-89-32-18-40(60)54(82)83/h1,7-14,34-35,40-42,47-48,53,78-79H,3-6,15-33,60H2,(H,61,76)(H,62,77)(H,63,75)(H,65,81)(H,69,80)(H,82,83)(H,64,66,67)/b71-70+/t40?,41-,42?,47?,48?,53?/m1/s1. The van der Waals surface area contributed by atoms with Crippen molar-refractivity contribution in [2.75, 3.05) is 102 Å². The molecule has 89 heavy (non-hydrogen) atoms. The second kappa shape index (κ2) is 36.6. The number of fused-ring (bicyclic) bond motifs is 1. The molecule has 5 unspecified atom stereocenters. The number of alkyl halides is 3. The van der Waals surface area contributed by atoms with Gasteiger partial charge in [-0.05, 0) is 67.8 Å². The van der Waals surface area contributed by atoms with Crippen molar-refractivity contribution < 1.29 is 80.9 Å². The molecular formula is C56H74F3N15O14S. The number of carboxylic acid groups (broad SMARTS) is 1. The Morgan fingerprint density at radius 1 is 0.742 bits per heavy atom. The van der Waals surface area contributed by atoms with Crippen LogP contribution < -0.4 is 37.6 Å². The molecule has 2 aromatic carbocycles. The molecule has 2 aliphatic heterocycles. The number of ether oxygens (including phenoxy) is 5. The molecule has 4 heterocycles. The highest BCUT2D eigenvalue weighted by Crippen LogP contribution is 2.52. The lowest BCUT2D eigenvalue weighted by Crippen LogP contribution is -2.48. The van der Waals surface area contributed by atoms with Gasteiger partial charge in [0.15, 0.2) is 23.2 Å². The van der Waals surface area contributed by atoms with Crippen molar-refractivity contribution >= 4 is 75.6 Å². The highest BCUT2D eigenvalue weighted by atomic mass is 32.2. The van der Waals surface area contributed by atoms with Gasteiger partial charge in [-0.25, -0.2) is 15.0 Å². The van der Waals surface area contributed by atoms with E-state index in [1.807, 2.05) is 0 Å². The monoisotopic (exact) mass is 1270 g/mol. The lowest BCUT2D eigenvalue weighted by atomic mass is 10.0. The number of carbonyl (C=O) groups is 6. The average molecular weight is 1270 g/mol. The third-order valence-corrected chi connectivity index (χ3v) is 14.5. The number of terminal acetylenes is 1. The van der Waals surface area contributed by atoms with Gasteiger partial charge in [-0.15, -0.1) is 22.6 Å². The predicted molar refractivity (Wildman–Crippen MR) is 315 cm³/mol. The van der Waals surface area contributed by atoms with Gasteiger partial charge in [-0.1, -0.05) is 12.1 Å². The number of carbonyl (C=O) groups excluding carboxylic acids is 5. The number of benzene rings is 2. The second-order valence-electron chi connectivity index (χ2n) is 20.0. The summed E-state index contributed by atoms with van der Waals surface area (Å²) in [6.45, 7) is 3.47. The normalized spacial score (nSPS) is 17.4. The number of thioether (sulfide) groups is 1. The summed E-state index contributed by atoms with van der Waals surface area (Å²) in [7, 11) is 0. The van der Waals surface area contributed by atoms with Gasteiger partial charge < -0.3 is 76.6 Å². The number of rotatable bonds is 42. The number of hydrogen-bond donors (Lipinski definition) is 10. The summed E-state index contributed by atoms with van der Waals surface area (Å²) in [6, 6.07) is 8.70. The maximum atomic E-state index is 13.6. The molecule has 484 valence electrons. The number of azo groups is 1. The number of unbranched alkanes of at least 4 members (excludes halogenated alkanes) is 1. The molecule has 11 N–H and O–H groups in total. The van der Waals surface area contributed by atoms with Crippen LogP contribution >= 0.6 is 11.8 Å². The molecular weight excluding hydrogens is 1200 g/mol. The molecule has 2 aromatic heterocycles. The molecule has 33 heteroatoms. The molecule has 0 spiro atoms. The number of anilines is 1. The molecule has 0 radical (unpaired) electrons. The summed E-state index contributed by atoms with van der Waals surface area (Å²) >= 11 is 1.34. The summed E-state index contributed by atoms with van der Waals surface area (Å²) in [4.78, 5) is 88.3. The fourth-order valence-corrected chi connectivity index (χ4v) is 9.51. The van der Waals surface area contributed by atoms with Gasteiger partial charge in [0.1, 0.15) is 30.6 Å². The van der Waals surface area contributed by atoms with Crippen molar-refractivity contribution in [1.29, 1.82) is 0 Å². The van der Waals surface area contributed by atoms with E-state index in [9.17, 15) is 52.2 Å². The summed E-state index contributed by atoms with van der Waals surface area (Å²) in [5.41, 5.74) is 4.25. The van der Waals surface area contributed by atoms with Gasteiger partial charge >= 0.3 is 17.8 Å². The van der Waals surface area contributed by atoms with E-state index in [1.54, 1.807) is 0 Å². The van der Waals surface area contributed by atoms with Crippen LogP contribution in [0.1, 0.15) is 73.5 Å². The number of aliphatic carboxylic acids is 1. The molecule has 5 amide bonds. The van der Waals surface area contributed by atoms with E-state index in [1.165, 1.54) is 77.5 Å². The van der Waals surface area contributed by atoms with Crippen molar-refractivity contribution in [2.24, 2.45) is 26.2 Å². The molecule has 6 rings (SSSR count). The smallest absolute Gasteiger partial charge is 0.442 e. The van der Waals surface area contributed by atoms with Crippen LogP contribution in [-0.2, 0) is 53.3 Å². The minimum absolute atomic E-state index is 0.0108. The molecule has 0 aliphatic carbocycles. The maximum Gasteiger partial charge on any atom is 0.442 e. The van der Waals surface area contributed by atoms with Gasteiger partial charge in [0.25, 0.3) is 5.91 Å². The van der Waals surface area contributed by atoms with Gasteiger partial charge in [0.2, 0.25) is 23.6 Å². The van der Waals surface area contributed by atoms with E-state index in [0.29, 0.717) is 93.8 Å². The van der Waals surface area contributed by atoms with Crippen LogP contribution in [-0.4, -0.2) is 204 Å². The number of imidazole rings is 1. The van der Waals surface area contributed by atoms with Crippen molar-refractivity contribution in [3.05, 3.63) is 72.3 Å². The molecule has 6 atom stereocenters. The number of aliphatic hydroxyl groups excluding tert-OH is 2. The Morgan fingerprint density at radius 2 is 1.34 bits per heavy atom. The maximum absolute atomic E-state index is 13.6. The Kier molecular flexibility index (Phi) is 28.9. The van der Waals surface area contributed by atoms with Crippen molar-refractivity contribution in [3.8, 4) is 12.3 Å². The van der Waals surface area contributed by atoms with E-state index in [0.717, 1.165) is 0 Å². The summed E-state index contributed by atoms with van der Waals surface area (Å²) in [6.07, 6.45) is 0.673. The molecule has 4 aromatic rings. The first kappa shape index (κ1) is 70.3.